The van der Waals surface area contributed by atoms with E-state index in [2.05, 4.69) is 25.1 Å². The summed E-state index contributed by atoms with van der Waals surface area (Å²) in [5, 5.41) is 9.69. The smallest absolute Gasteiger partial charge is 0.396 e. The third-order valence-electron chi connectivity index (χ3n) is 2.93. The van der Waals surface area contributed by atoms with Crippen LogP contribution in [0, 0.1) is 0 Å². The molecule has 0 aliphatic heterocycles. The molecule has 0 spiro atoms. The van der Waals surface area contributed by atoms with Gasteiger partial charge in [0.1, 0.15) is 6.61 Å². The Hall–Kier alpha value is -2.91. The van der Waals surface area contributed by atoms with Gasteiger partial charge in [-0.3, -0.25) is 4.79 Å². The van der Waals surface area contributed by atoms with Crippen molar-refractivity contribution < 1.29 is 27.3 Å². The van der Waals surface area contributed by atoms with E-state index < -0.39 is 12.1 Å². The minimum absolute atomic E-state index is 0.209. The van der Waals surface area contributed by atoms with Gasteiger partial charge in [-0.25, -0.2) is 0 Å². The summed E-state index contributed by atoms with van der Waals surface area (Å²) in [5.41, 5.74) is 1.22. The fourth-order valence-electron chi connectivity index (χ4n) is 1.74. The molecule has 0 saturated carbocycles. The van der Waals surface area contributed by atoms with Crippen LogP contribution in [0.3, 0.4) is 0 Å². The fraction of sp³-hybridized carbons (Fsp3) is 0.333. The molecule has 7 nitrogen and oxygen atoms in total. The Labute approximate surface area is 140 Å². The lowest BCUT2D eigenvalue weighted by molar-refractivity contribution is -0.159. The van der Waals surface area contributed by atoms with Crippen LogP contribution >= 0.6 is 0 Å². The van der Waals surface area contributed by atoms with Crippen LogP contribution < -0.4 is 5.32 Å². The van der Waals surface area contributed by atoms with Gasteiger partial charge in [0.05, 0.1) is 12.3 Å². The summed E-state index contributed by atoms with van der Waals surface area (Å²) in [5.74, 6) is -1.99. The average Bonchev–Trinajstić information content (AvgIpc) is 3.08. The molecule has 0 aliphatic rings. The Bertz CT molecular complexity index is 754. The van der Waals surface area contributed by atoms with Gasteiger partial charge in [-0.05, 0) is 26.0 Å². The van der Waals surface area contributed by atoms with Gasteiger partial charge in [-0.2, -0.15) is 18.2 Å². The maximum atomic E-state index is 12.4. The number of carbonyl (C=O) groups is 1. The quantitative estimate of drug-likeness (QED) is 0.635. The van der Waals surface area contributed by atoms with Gasteiger partial charge < -0.3 is 14.7 Å². The summed E-state index contributed by atoms with van der Waals surface area (Å²) in [4.78, 5) is 20.1. The zero-order chi connectivity index (χ0) is 18.4. The molecular formula is C15H15F3N4O3. The highest BCUT2D eigenvalue weighted by Gasteiger charge is 2.38. The normalized spacial score (nSPS) is 12.1. The SMILES string of the molecule is CCON=C(C)CNC(=O)c1ccc(-c2noc(C(F)(F)F)n2)cc1. The molecule has 1 aromatic carbocycles. The second-order valence-electron chi connectivity index (χ2n) is 4.93. The van der Waals surface area contributed by atoms with E-state index in [4.69, 9.17) is 4.84 Å². The number of nitrogens with zero attached hydrogens (tertiary/aromatic N) is 3. The average molecular weight is 356 g/mol. The van der Waals surface area contributed by atoms with E-state index in [1.54, 1.807) is 13.8 Å². The van der Waals surface area contributed by atoms with Gasteiger partial charge >= 0.3 is 12.1 Å². The van der Waals surface area contributed by atoms with Gasteiger partial charge in [0.2, 0.25) is 5.82 Å². The molecule has 0 atom stereocenters. The number of hydrogen-bond donors (Lipinski definition) is 1. The summed E-state index contributed by atoms with van der Waals surface area (Å²) in [6.07, 6.45) is -4.70. The molecule has 25 heavy (non-hydrogen) atoms. The van der Waals surface area contributed by atoms with Crippen LogP contribution in [-0.2, 0) is 11.0 Å². The number of oxime groups is 1. The van der Waals surface area contributed by atoms with E-state index in [0.29, 0.717) is 23.4 Å². The summed E-state index contributed by atoms with van der Waals surface area (Å²) in [7, 11) is 0. The van der Waals surface area contributed by atoms with Crippen molar-refractivity contribution in [1.82, 2.24) is 15.5 Å². The lowest BCUT2D eigenvalue weighted by Gasteiger charge is -2.05. The third-order valence-corrected chi connectivity index (χ3v) is 2.93. The first-order chi connectivity index (χ1) is 11.8. The van der Waals surface area contributed by atoms with Crippen LogP contribution in [-0.4, -0.2) is 34.9 Å². The second-order valence-corrected chi connectivity index (χ2v) is 4.93. The van der Waals surface area contributed by atoms with Crippen LogP contribution in [0.25, 0.3) is 11.4 Å². The van der Waals surface area contributed by atoms with Crippen molar-refractivity contribution in [3.05, 3.63) is 35.7 Å². The lowest BCUT2D eigenvalue weighted by Crippen LogP contribution is -2.28. The Morgan fingerprint density at radius 2 is 2.00 bits per heavy atom. The molecule has 10 heteroatoms. The first kappa shape index (κ1) is 18.4. The number of nitrogens with one attached hydrogen (secondary N) is 1. The first-order valence-electron chi connectivity index (χ1n) is 7.26. The van der Waals surface area contributed by atoms with Crippen molar-refractivity contribution in [1.29, 1.82) is 0 Å². The molecule has 0 saturated heterocycles. The van der Waals surface area contributed by atoms with Crippen molar-refractivity contribution in [3.63, 3.8) is 0 Å². The highest BCUT2D eigenvalue weighted by atomic mass is 19.4. The Balaban J connectivity index is 2.02. The van der Waals surface area contributed by atoms with Crippen LogP contribution in [0.1, 0.15) is 30.1 Å². The number of alkyl halides is 3. The predicted molar refractivity (Wildman–Crippen MR) is 81.8 cm³/mol. The van der Waals surface area contributed by atoms with Gasteiger partial charge in [-0.15, -0.1) is 0 Å². The first-order valence-corrected chi connectivity index (χ1v) is 7.26. The second kappa shape index (κ2) is 7.77. The molecule has 2 rings (SSSR count). The van der Waals surface area contributed by atoms with Gasteiger partial charge in [0.25, 0.3) is 5.91 Å². The highest BCUT2D eigenvalue weighted by molar-refractivity contribution is 5.97. The van der Waals surface area contributed by atoms with Crippen LogP contribution in [0.2, 0.25) is 0 Å². The van der Waals surface area contributed by atoms with Crippen molar-refractivity contribution >= 4 is 11.6 Å². The molecule has 1 heterocycles. The van der Waals surface area contributed by atoms with Crippen molar-refractivity contribution in [2.45, 2.75) is 20.0 Å². The van der Waals surface area contributed by atoms with Crippen LogP contribution in [0.5, 0.6) is 0 Å². The van der Waals surface area contributed by atoms with Gasteiger partial charge in [0.15, 0.2) is 0 Å². The van der Waals surface area contributed by atoms with Gasteiger partial charge in [0, 0.05) is 11.1 Å². The summed E-state index contributed by atoms with van der Waals surface area (Å²) in [6.45, 7) is 4.13. The molecule has 0 fully saturated rings. The topological polar surface area (TPSA) is 89.6 Å². The number of rotatable bonds is 6. The van der Waals surface area contributed by atoms with Gasteiger partial charge in [-0.1, -0.05) is 22.4 Å². The maximum Gasteiger partial charge on any atom is 0.471 e. The number of benzene rings is 1. The summed E-state index contributed by atoms with van der Waals surface area (Å²) < 4.78 is 41.5. The molecule has 0 radical (unpaired) electrons. The van der Waals surface area contributed by atoms with Crippen LogP contribution in [0.15, 0.2) is 33.9 Å². The minimum Gasteiger partial charge on any atom is -0.396 e. The molecule has 2 aromatic rings. The van der Waals surface area contributed by atoms with Crippen molar-refractivity contribution in [2.24, 2.45) is 5.16 Å². The number of carbonyl (C=O) groups excluding carboxylic acids is 1. The highest BCUT2D eigenvalue weighted by Crippen LogP contribution is 2.29. The zero-order valence-electron chi connectivity index (χ0n) is 13.4. The molecule has 1 N–H and O–H groups in total. The number of hydrogen-bond acceptors (Lipinski definition) is 6. The van der Waals surface area contributed by atoms with E-state index in [1.165, 1.54) is 24.3 Å². The maximum absolute atomic E-state index is 12.4. The summed E-state index contributed by atoms with van der Waals surface area (Å²) >= 11 is 0. The fourth-order valence-corrected chi connectivity index (χ4v) is 1.74. The van der Waals surface area contributed by atoms with E-state index in [1.807, 2.05) is 0 Å². The molecule has 1 amide bonds. The summed E-state index contributed by atoms with van der Waals surface area (Å²) in [6, 6.07) is 5.76. The minimum atomic E-state index is -4.70. The van der Waals surface area contributed by atoms with Crippen molar-refractivity contribution in [2.75, 3.05) is 13.2 Å². The zero-order valence-corrected chi connectivity index (χ0v) is 13.4. The van der Waals surface area contributed by atoms with E-state index >= 15 is 0 Å². The molecular weight excluding hydrogens is 341 g/mol. The number of amides is 1. The molecule has 0 unspecified atom stereocenters. The molecule has 134 valence electrons. The largest absolute Gasteiger partial charge is 0.471 e. The third kappa shape index (κ3) is 5.03. The molecule has 1 aromatic heterocycles. The standard InChI is InChI=1S/C15H15F3N4O3/c1-3-24-21-9(2)8-19-13(23)11-6-4-10(5-7-11)12-20-14(25-22-12)15(16,17)18/h4-7H,3,8H2,1-2H3,(H,19,23). The Morgan fingerprint density at radius 3 is 2.56 bits per heavy atom. The Kier molecular flexibility index (Phi) is 5.73. The van der Waals surface area contributed by atoms with Crippen LogP contribution in [0.4, 0.5) is 13.2 Å². The predicted octanol–water partition coefficient (Wildman–Crippen LogP) is 2.90. The molecule has 0 bridgehead atoms. The molecule has 0 aliphatic carbocycles. The number of aromatic nitrogens is 2. The van der Waals surface area contributed by atoms with E-state index in [9.17, 15) is 18.0 Å². The number of halogens is 3. The van der Waals surface area contributed by atoms with E-state index in [-0.39, 0.29) is 18.3 Å². The Morgan fingerprint density at radius 1 is 1.32 bits per heavy atom. The monoisotopic (exact) mass is 356 g/mol. The van der Waals surface area contributed by atoms with Crippen molar-refractivity contribution in [3.8, 4) is 11.4 Å². The lowest BCUT2D eigenvalue weighted by atomic mass is 10.1. The van der Waals surface area contributed by atoms with E-state index in [0.717, 1.165) is 0 Å².